The number of nitrogen functional groups attached to an aromatic ring is 1. The van der Waals surface area contributed by atoms with E-state index in [4.69, 9.17) is 10.5 Å². The quantitative estimate of drug-likeness (QED) is 0.841. The van der Waals surface area contributed by atoms with Crippen molar-refractivity contribution in [3.05, 3.63) is 35.4 Å². The number of nitrogens with zero attached hydrogens (tertiary/aromatic N) is 3. The SMILES string of the molecule is COc1nc(N)n(Cc2ccc(C)cc2)n1. The molecule has 1 aromatic carbocycles. The molecule has 0 aliphatic heterocycles. The van der Waals surface area contributed by atoms with E-state index in [2.05, 4.69) is 29.1 Å². The molecule has 0 bridgehead atoms. The molecule has 0 spiro atoms. The van der Waals surface area contributed by atoms with Crippen LogP contribution in [0.5, 0.6) is 6.01 Å². The maximum atomic E-state index is 5.70. The van der Waals surface area contributed by atoms with Crippen LogP contribution in [0.15, 0.2) is 24.3 Å². The van der Waals surface area contributed by atoms with Crippen LogP contribution in [0.25, 0.3) is 0 Å². The van der Waals surface area contributed by atoms with E-state index in [1.54, 1.807) is 4.68 Å². The number of hydrogen-bond donors (Lipinski definition) is 1. The molecule has 0 saturated heterocycles. The second-order valence-corrected chi connectivity index (χ2v) is 3.60. The topological polar surface area (TPSA) is 66.0 Å². The predicted octanol–water partition coefficient (Wildman–Crippen LogP) is 1.23. The minimum Gasteiger partial charge on any atom is -0.466 e. The Labute approximate surface area is 93.9 Å². The van der Waals surface area contributed by atoms with E-state index in [1.807, 2.05) is 12.1 Å². The van der Waals surface area contributed by atoms with Crippen LogP contribution in [0.3, 0.4) is 0 Å². The molecule has 5 nitrogen and oxygen atoms in total. The lowest BCUT2D eigenvalue weighted by Crippen LogP contribution is -2.06. The van der Waals surface area contributed by atoms with Crippen molar-refractivity contribution in [1.29, 1.82) is 0 Å². The average Bonchev–Trinajstić information content (AvgIpc) is 2.63. The number of methoxy groups -OCH3 is 1. The monoisotopic (exact) mass is 218 g/mol. The first-order chi connectivity index (χ1) is 7.69. The molecule has 2 aromatic rings. The van der Waals surface area contributed by atoms with Gasteiger partial charge in [0.2, 0.25) is 5.95 Å². The van der Waals surface area contributed by atoms with Crippen molar-refractivity contribution in [2.75, 3.05) is 12.8 Å². The van der Waals surface area contributed by atoms with E-state index in [-0.39, 0.29) is 0 Å². The van der Waals surface area contributed by atoms with Crippen LogP contribution in [0.2, 0.25) is 0 Å². The number of anilines is 1. The van der Waals surface area contributed by atoms with Gasteiger partial charge in [-0.1, -0.05) is 29.8 Å². The number of benzene rings is 1. The highest BCUT2D eigenvalue weighted by Crippen LogP contribution is 2.10. The average molecular weight is 218 g/mol. The van der Waals surface area contributed by atoms with Crippen LogP contribution < -0.4 is 10.5 Å². The van der Waals surface area contributed by atoms with E-state index in [0.29, 0.717) is 18.5 Å². The van der Waals surface area contributed by atoms with Crippen molar-refractivity contribution in [2.45, 2.75) is 13.5 Å². The van der Waals surface area contributed by atoms with Gasteiger partial charge in [-0.3, -0.25) is 0 Å². The summed E-state index contributed by atoms with van der Waals surface area (Å²) in [6.07, 6.45) is 0. The van der Waals surface area contributed by atoms with Crippen LogP contribution in [-0.2, 0) is 6.54 Å². The Kier molecular flexibility index (Phi) is 2.76. The zero-order valence-corrected chi connectivity index (χ0v) is 9.34. The highest BCUT2D eigenvalue weighted by atomic mass is 16.5. The Morgan fingerprint density at radius 1 is 1.31 bits per heavy atom. The van der Waals surface area contributed by atoms with E-state index < -0.39 is 0 Å². The third-order valence-corrected chi connectivity index (χ3v) is 2.32. The van der Waals surface area contributed by atoms with Gasteiger partial charge in [0.05, 0.1) is 13.7 Å². The van der Waals surface area contributed by atoms with Crippen LogP contribution in [0.4, 0.5) is 5.95 Å². The zero-order valence-electron chi connectivity index (χ0n) is 9.34. The largest absolute Gasteiger partial charge is 0.466 e. The number of aromatic nitrogens is 3. The molecular formula is C11H14N4O. The summed E-state index contributed by atoms with van der Waals surface area (Å²) < 4.78 is 6.52. The number of nitrogens with two attached hydrogens (primary N) is 1. The Morgan fingerprint density at radius 3 is 2.56 bits per heavy atom. The Bertz CT molecular complexity index is 475. The van der Waals surface area contributed by atoms with E-state index >= 15 is 0 Å². The summed E-state index contributed by atoms with van der Waals surface area (Å²) in [6, 6.07) is 8.50. The maximum Gasteiger partial charge on any atom is 0.337 e. The maximum absolute atomic E-state index is 5.70. The summed E-state index contributed by atoms with van der Waals surface area (Å²) in [5.41, 5.74) is 8.06. The Hall–Kier alpha value is -2.04. The summed E-state index contributed by atoms with van der Waals surface area (Å²) >= 11 is 0. The van der Waals surface area contributed by atoms with E-state index in [0.717, 1.165) is 5.56 Å². The molecule has 0 atom stereocenters. The Balaban J connectivity index is 2.19. The minimum absolute atomic E-state index is 0.296. The summed E-state index contributed by atoms with van der Waals surface area (Å²) in [5, 5.41) is 4.10. The van der Waals surface area contributed by atoms with Gasteiger partial charge in [0.1, 0.15) is 0 Å². The molecule has 0 amide bonds. The first-order valence-corrected chi connectivity index (χ1v) is 4.99. The van der Waals surface area contributed by atoms with Crippen molar-refractivity contribution in [3.63, 3.8) is 0 Å². The fraction of sp³-hybridized carbons (Fsp3) is 0.273. The normalized spacial score (nSPS) is 10.4. The molecule has 0 unspecified atom stereocenters. The molecule has 0 saturated carbocycles. The van der Waals surface area contributed by atoms with Crippen molar-refractivity contribution in [3.8, 4) is 6.01 Å². The summed E-state index contributed by atoms with van der Waals surface area (Å²) in [5.74, 6) is 0.359. The van der Waals surface area contributed by atoms with Gasteiger partial charge in [-0.05, 0) is 12.5 Å². The first kappa shape index (κ1) is 10.5. The molecule has 1 aromatic heterocycles. The highest BCUT2D eigenvalue weighted by molar-refractivity contribution is 5.24. The molecule has 2 rings (SSSR count). The summed E-state index contributed by atoms with van der Waals surface area (Å²) in [4.78, 5) is 3.95. The van der Waals surface area contributed by atoms with Crippen molar-refractivity contribution in [1.82, 2.24) is 14.8 Å². The number of aryl methyl sites for hydroxylation is 1. The fourth-order valence-electron chi connectivity index (χ4n) is 1.40. The zero-order chi connectivity index (χ0) is 11.5. The lowest BCUT2D eigenvalue weighted by atomic mass is 10.1. The summed E-state index contributed by atoms with van der Waals surface area (Å²) in [7, 11) is 1.52. The molecule has 5 heteroatoms. The standard InChI is InChI=1S/C11H14N4O/c1-8-3-5-9(6-4-8)7-15-10(12)13-11(14-15)16-2/h3-6H,7H2,1-2H3,(H2,12,13,14). The first-order valence-electron chi connectivity index (χ1n) is 4.99. The van der Waals surface area contributed by atoms with E-state index in [9.17, 15) is 0 Å². The molecule has 0 aliphatic carbocycles. The predicted molar refractivity (Wildman–Crippen MR) is 61.3 cm³/mol. The van der Waals surface area contributed by atoms with Gasteiger partial charge >= 0.3 is 6.01 Å². The highest BCUT2D eigenvalue weighted by Gasteiger charge is 2.06. The fourth-order valence-corrected chi connectivity index (χ4v) is 1.40. The minimum atomic E-state index is 0.296. The van der Waals surface area contributed by atoms with Crippen molar-refractivity contribution < 1.29 is 4.74 Å². The number of ether oxygens (including phenoxy) is 1. The second kappa shape index (κ2) is 4.22. The molecule has 84 valence electrons. The molecule has 0 aliphatic rings. The smallest absolute Gasteiger partial charge is 0.337 e. The Morgan fingerprint density at radius 2 is 2.00 bits per heavy atom. The van der Waals surface area contributed by atoms with Gasteiger partial charge in [-0.2, -0.15) is 4.98 Å². The van der Waals surface area contributed by atoms with Crippen LogP contribution in [0, 0.1) is 6.92 Å². The molecule has 0 fully saturated rings. The van der Waals surface area contributed by atoms with Gasteiger partial charge in [-0.15, -0.1) is 5.10 Å². The number of hydrogen-bond acceptors (Lipinski definition) is 4. The van der Waals surface area contributed by atoms with Gasteiger partial charge in [0.15, 0.2) is 0 Å². The van der Waals surface area contributed by atoms with Gasteiger partial charge in [0, 0.05) is 0 Å². The van der Waals surface area contributed by atoms with Crippen molar-refractivity contribution >= 4 is 5.95 Å². The summed E-state index contributed by atoms with van der Waals surface area (Å²) in [6.45, 7) is 2.65. The lowest BCUT2D eigenvalue weighted by molar-refractivity contribution is 0.377. The van der Waals surface area contributed by atoms with Gasteiger partial charge in [0.25, 0.3) is 0 Å². The lowest BCUT2D eigenvalue weighted by Gasteiger charge is -2.02. The van der Waals surface area contributed by atoms with E-state index in [1.165, 1.54) is 12.7 Å². The van der Waals surface area contributed by atoms with Crippen molar-refractivity contribution in [2.24, 2.45) is 0 Å². The molecular weight excluding hydrogens is 204 g/mol. The van der Waals surface area contributed by atoms with Crippen LogP contribution >= 0.6 is 0 Å². The van der Waals surface area contributed by atoms with Gasteiger partial charge < -0.3 is 10.5 Å². The van der Waals surface area contributed by atoms with Gasteiger partial charge in [-0.25, -0.2) is 4.68 Å². The molecule has 16 heavy (non-hydrogen) atoms. The molecule has 1 heterocycles. The van der Waals surface area contributed by atoms with Crippen LogP contribution in [0.1, 0.15) is 11.1 Å². The molecule has 0 radical (unpaired) electrons. The third-order valence-electron chi connectivity index (χ3n) is 2.32. The molecule has 2 N–H and O–H groups in total. The third kappa shape index (κ3) is 2.13. The number of rotatable bonds is 3. The van der Waals surface area contributed by atoms with Crippen LogP contribution in [-0.4, -0.2) is 21.9 Å². The second-order valence-electron chi connectivity index (χ2n) is 3.60.